The summed E-state index contributed by atoms with van der Waals surface area (Å²) < 4.78 is 11.4. The number of amides is 1. The monoisotopic (exact) mass is 435 g/mol. The molecule has 5 heteroatoms. The van der Waals surface area contributed by atoms with E-state index in [0.717, 1.165) is 21.9 Å². The molecule has 0 atom stereocenters. The van der Waals surface area contributed by atoms with E-state index in [1.54, 1.807) is 6.07 Å². The fourth-order valence-corrected chi connectivity index (χ4v) is 3.96. The van der Waals surface area contributed by atoms with Gasteiger partial charge in [0, 0.05) is 17.3 Å². The second kappa shape index (κ2) is 8.63. The van der Waals surface area contributed by atoms with Gasteiger partial charge < -0.3 is 14.5 Å². The SMILES string of the molecule is Cc1cc(OCC(=O)Nc2ccc3ccccc3c2)c2c(-c3ccccc3)cc(=O)oc2c1. The third-order valence-electron chi connectivity index (χ3n) is 5.43. The lowest BCUT2D eigenvalue weighted by molar-refractivity contribution is -0.118. The Kier molecular flexibility index (Phi) is 5.37. The van der Waals surface area contributed by atoms with E-state index in [0.29, 0.717) is 28.0 Å². The van der Waals surface area contributed by atoms with Gasteiger partial charge >= 0.3 is 5.63 Å². The molecule has 1 amide bonds. The first-order valence-electron chi connectivity index (χ1n) is 10.6. The van der Waals surface area contributed by atoms with Crippen molar-refractivity contribution in [2.24, 2.45) is 0 Å². The lowest BCUT2D eigenvalue weighted by Crippen LogP contribution is -2.20. The summed E-state index contributed by atoms with van der Waals surface area (Å²) in [5.74, 6) is 0.208. The van der Waals surface area contributed by atoms with Crippen LogP contribution in [0.25, 0.3) is 32.9 Å². The van der Waals surface area contributed by atoms with Crippen LogP contribution in [0.5, 0.6) is 5.75 Å². The van der Waals surface area contributed by atoms with Crippen molar-refractivity contribution >= 4 is 33.3 Å². The van der Waals surface area contributed by atoms with Gasteiger partial charge in [-0.25, -0.2) is 4.79 Å². The van der Waals surface area contributed by atoms with E-state index < -0.39 is 5.63 Å². The van der Waals surface area contributed by atoms with Gasteiger partial charge in [-0.3, -0.25) is 4.79 Å². The predicted octanol–water partition coefficient (Wildman–Crippen LogP) is 5.94. The van der Waals surface area contributed by atoms with Gasteiger partial charge in [-0.1, -0.05) is 60.7 Å². The van der Waals surface area contributed by atoms with Crippen molar-refractivity contribution in [2.45, 2.75) is 6.92 Å². The molecule has 0 bridgehead atoms. The molecule has 0 saturated carbocycles. The van der Waals surface area contributed by atoms with Gasteiger partial charge in [-0.15, -0.1) is 0 Å². The first kappa shape index (κ1) is 20.5. The van der Waals surface area contributed by atoms with Crippen LogP contribution in [-0.4, -0.2) is 12.5 Å². The molecule has 0 fully saturated rings. The number of rotatable bonds is 5. The second-order valence-corrected chi connectivity index (χ2v) is 7.88. The van der Waals surface area contributed by atoms with Gasteiger partial charge in [0.2, 0.25) is 0 Å². The molecule has 0 unspecified atom stereocenters. The number of carbonyl (C=O) groups is 1. The molecule has 0 saturated heterocycles. The summed E-state index contributed by atoms with van der Waals surface area (Å²) in [7, 11) is 0. The smallest absolute Gasteiger partial charge is 0.336 e. The van der Waals surface area contributed by atoms with Gasteiger partial charge in [0.05, 0.1) is 5.39 Å². The molecule has 0 radical (unpaired) electrons. The van der Waals surface area contributed by atoms with Crippen LogP contribution in [0, 0.1) is 6.92 Å². The number of hydrogen-bond donors (Lipinski definition) is 1. The molecular weight excluding hydrogens is 414 g/mol. The van der Waals surface area contributed by atoms with E-state index in [9.17, 15) is 9.59 Å². The molecule has 5 rings (SSSR count). The van der Waals surface area contributed by atoms with Crippen molar-refractivity contribution in [1.82, 2.24) is 0 Å². The van der Waals surface area contributed by atoms with Crippen LogP contribution in [0.2, 0.25) is 0 Å². The average Bonchev–Trinajstić information content (AvgIpc) is 2.82. The van der Waals surface area contributed by atoms with Crippen LogP contribution >= 0.6 is 0 Å². The molecule has 0 aliphatic heterocycles. The molecule has 0 spiro atoms. The lowest BCUT2D eigenvalue weighted by atomic mass is 10.0. The molecule has 5 aromatic rings. The zero-order valence-corrected chi connectivity index (χ0v) is 18.0. The van der Waals surface area contributed by atoms with E-state index in [-0.39, 0.29) is 12.5 Å². The number of ether oxygens (including phenoxy) is 1. The van der Waals surface area contributed by atoms with Crippen LogP contribution in [0.3, 0.4) is 0 Å². The number of benzene rings is 4. The summed E-state index contributed by atoms with van der Waals surface area (Å²) in [6.07, 6.45) is 0. The number of carbonyl (C=O) groups excluding carboxylic acids is 1. The molecule has 4 aromatic carbocycles. The van der Waals surface area contributed by atoms with Crippen LogP contribution in [0.4, 0.5) is 5.69 Å². The van der Waals surface area contributed by atoms with Crippen molar-refractivity contribution in [3.63, 3.8) is 0 Å². The molecule has 1 N–H and O–H groups in total. The minimum absolute atomic E-state index is 0.182. The Morgan fingerprint density at radius 2 is 1.64 bits per heavy atom. The maximum Gasteiger partial charge on any atom is 0.336 e. The summed E-state index contributed by atoms with van der Waals surface area (Å²) in [5.41, 5.74) is 3.11. The highest BCUT2D eigenvalue weighted by molar-refractivity contribution is 5.99. The van der Waals surface area contributed by atoms with Gasteiger partial charge in [-0.2, -0.15) is 0 Å². The zero-order chi connectivity index (χ0) is 22.8. The quantitative estimate of drug-likeness (QED) is 0.347. The van der Waals surface area contributed by atoms with Gasteiger partial charge in [0.25, 0.3) is 5.91 Å². The molecular formula is C28H21NO4. The van der Waals surface area contributed by atoms with Crippen LogP contribution < -0.4 is 15.7 Å². The lowest BCUT2D eigenvalue weighted by Gasteiger charge is -2.13. The van der Waals surface area contributed by atoms with E-state index >= 15 is 0 Å². The maximum atomic E-state index is 12.6. The molecule has 0 aliphatic carbocycles. The first-order valence-corrected chi connectivity index (χ1v) is 10.6. The highest BCUT2D eigenvalue weighted by Gasteiger charge is 2.15. The van der Waals surface area contributed by atoms with Crippen molar-refractivity contribution in [3.05, 3.63) is 107 Å². The average molecular weight is 435 g/mol. The Morgan fingerprint density at radius 1 is 0.879 bits per heavy atom. The summed E-state index contributed by atoms with van der Waals surface area (Å²) in [6.45, 7) is 1.70. The first-order chi connectivity index (χ1) is 16.1. The highest BCUT2D eigenvalue weighted by Crippen LogP contribution is 2.35. The summed E-state index contributed by atoms with van der Waals surface area (Å²) >= 11 is 0. The Labute approximate surface area is 190 Å². The van der Waals surface area contributed by atoms with E-state index in [1.807, 2.05) is 85.8 Å². The molecule has 1 aromatic heterocycles. The van der Waals surface area contributed by atoms with E-state index in [1.165, 1.54) is 6.07 Å². The fourth-order valence-electron chi connectivity index (χ4n) is 3.96. The molecule has 0 aliphatic rings. The Hall–Kier alpha value is -4.38. The maximum absolute atomic E-state index is 12.6. The fraction of sp³-hybridized carbons (Fsp3) is 0.0714. The van der Waals surface area contributed by atoms with Crippen LogP contribution in [-0.2, 0) is 4.79 Å². The molecule has 5 nitrogen and oxygen atoms in total. The highest BCUT2D eigenvalue weighted by atomic mass is 16.5. The Morgan fingerprint density at radius 3 is 2.45 bits per heavy atom. The van der Waals surface area contributed by atoms with Crippen molar-refractivity contribution in [1.29, 1.82) is 0 Å². The summed E-state index contributed by atoms with van der Waals surface area (Å²) in [6, 6.07) is 28.4. The minimum Gasteiger partial charge on any atom is -0.483 e. The predicted molar refractivity (Wildman–Crippen MR) is 131 cm³/mol. The molecule has 162 valence electrons. The molecule has 1 heterocycles. The van der Waals surface area contributed by atoms with Gasteiger partial charge in [0.15, 0.2) is 6.61 Å². The van der Waals surface area contributed by atoms with E-state index in [4.69, 9.17) is 9.15 Å². The van der Waals surface area contributed by atoms with Crippen molar-refractivity contribution in [3.8, 4) is 16.9 Å². The standard InChI is InChI=1S/C28H21NO4/c1-18-13-24(28-23(20-8-3-2-4-9-20)16-27(31)33-25(28)14-18)32-17-26(30)29-22-12-11-19-7-5-6-10-21(19)15-22/h2-16H,17H2,1H3,(H,29,30). The van der Waals surface area contributed by atoms with Crippen LogP contribution in [0.15, 0.2) is 100 Å². The number of anilines is 1. The summed E-state index contributed by atoms with van der Waals surface area (Å²) in [4.78, 5) is 24.8. The van der Waals surface area contributed by atoms with Gasteiger partial charge in [0.1, 0.15) is 11.3 Å². The van der Waals surface area contributed by atoms with E-state index in [2.05, 4.69) is 5.32 Å². The number of fused-ring (bicyclic) bond motifs is 2. The largest absolute Gasteiger partial charge is 0.483 e. The van der Waals surface area contributed by atoms with Crippen LogP contribution in [0.1, 0.15) is 5.56 Å². The Balaban J connectivity index is 1.44. The van der Waals surface area contributed by atoms with Crippen molar-refractivity contribution in [2.75, 3.05) is 11.9 Å². The van der Waals surface area contributed by atoms with Crippen molar-refractivity contribution < 1.29 is 13.9 Å². The third kappa shape index (κ3) is 4.34. The summed E-state index contributed by atoms with van der Waals surface area (Å²) in [5, 5.41) is 5.69. The topological polar surface area (TPSA) is 68.5 Å². The molecule has 33 heavy (non-hydrogen) atoms. The normalized spacial score (nSPS) is 10.9. The van der Waals surface area contributed by atoms with Gasteiger partial charge in [-0.05, 0) is 53.1 Å². The Bertz CT molecular complexity index is 1540. The minimum atomic E-state index is -0.438. The second-order valence-electron chi connectivity index (χ2n) is 7.88. The number of nitrogens with one attached hydrogen (secondary N) is 1. The number of aryl methyl sites for hydroxylation is 1. The number of hydrogen-bond acceptors (Lipinski definition) is 4. The third-order valence-corrected chi connectivity index (χ3v) is 5.43. The zero-order valence-electron chi connectivity index (χ0n) is 18.0.